The van der Waals surface area contributed by atoms with Crippen molar-refractivity contribution in [3.63, 3.8) is 0 Å². The minimum Gasteiger partial charge on any atom is -0.481 e. The van der Waals surface area contributed by atoms with E-state index in [1.165, 1.54) is 18.2 Å². The van der Waals surface area contributed by atoms with Gasteiger partial charge in [-0.05, 0) is 19.1 Å². The molecule has 0 fully saturated rings. The quantitative estimate of drug-likeness (QED) is 0.334. The van der Waals surface area contributed by atoms with Crippen molar-refractivity contribution in [2.75, 3.05) is 6.61 Å². The molecule has 2 aromatic rings. The van der Waals surface area contributed by atoms with Gasteiger partial charge < -0.3 is 9.47 Å². The summed E-state index contributed by atoms with van der Waals surface area (Å²) < 4.78 is 10.8. The summed E-state index contributed by atoms with van der Waals surface area (Å²) in [4.78, 5) is 22.5. The zero-order valence-electron chi connectivity index (χ0n) is 13.2. The van der Waals surface area contributed by atoms with Crippen molar-refractivity contribution in [2.24, 2.45) is 0 Å². The van der Waals surface area contributed by atoms with Crippen LogP contribution in [0.1, 0.15) is 18.6 Å². The van der Waals surface area contributed by atoms with Gasteiger partial charge in [0.05, 0.1) is 17.1 Å². The fraction of sp³-hybridized carbons (Fsp3) is 0.167. The number of rotatable bonds is 7. The van der Waals surface area contributed by atoms with Crippen LogP contribution in [0.2, 0.25) is 0 Å². The number of carbonyl (C=O) groups excluding carboxylic acids is 1. The SMILES string of the molecule is C=C(C(=O)OCC)C(Oc1ccccc1)c1cccc([N+](=O)[O-])c1. The molecule has 0 amide bonds. The zero-order chi connectivity index (χ0) is 17.5. The Morgan fingerprint density at radius 1 is 1.21 bits per heavy atom. The van der Waals surface area contributed by atoms with E-state index in [0.29, 0.717) is 11.3 Å². The summed E-state index contributed by atoms with van der Waals surface area (Å²) in [7, 11) is 0. The van der Waals surface area contributed by atoms with Crippen LogP contribution in [0.15, 0.2) is 66.7 Å². The first-order valence-corrected chi connectivity index (χ1v) is 7.35. The number of carbonyl (C=O) groups is 1. The molecule has 0 radical (unpaired) electrons. The van der Waals surface area contributed by atoms with Crippen molar-refractivity contribution in [1.29, 1.82) is 0 Å². The van der Waals surface area contributed by atoms with Gasteiger partial charge in [-0.2, -0.15) is 0 Å². The standard InChI is InChI=1S/C18H17NO5/c1-3-23-18(20)13(2)17(24-16-10-5-4-6-11-16)14-8-7-9-15(12-14)19(21)22/h4-12,17H,2-3H2,1H3. The second kappa shape index (κ2) is 7.92. The molecule has 0 aliphatic rings. The van der Waals surface area contributed by atoms with Crippen LogP contribution in [0.5, 0.6) is 5.75 Å². The van der Waals surface area contributed by atoms with Crippen molar-refractivity contribution >= 4 is 11.7 Å². The van der Waals surface area contributed by atoms with Crippen molar-refractivity contribution in [2.45, 2.75) is 13.0 Å². The number of esters is 1. The summed E-state index contributed by atoms with van der Waals surface area (Å²) in [5, 5.41) is 11.0. The number of nitrogens with zero attached hydrogens (tertiary/aromatic N) is 1. The minimum absolute atomic E-state index is 0.0706. The Balaban J connectivity index is 2.38. The third-order valence-corrected chi connectivity index (χ3v) is 3.24. The maximum absolute atomic E-state index is 12.0. The number of hydrogen-bond donors (Lipinski definition) is 0. The number of nitro groups is 1. The number of benzene rings is 2. The second-order valence-corrected chi connectivity index (χ2v) is 4.91. The molecule has 2 rings (SSSR count). The number of ether oxygens (including phenoxy) is 2. The topological polar surface area (TPSA) is 78.7 Å². The van der Waals surface area contributed by atoms with E-state index in [4.69, 9.17) is 9.47 Å². The molecule has 6 heteroatoms. The second-order valence-electron chi connectivity index (χ2n) is 4.91. The average Bonchev–Trinajstić information content (AvgIpc) is 2.60. The smallest absolute Gasteiger partial charge is 0.337 e. The zero-order valence-corrected chi connectivity index (χ0v) is 13.2. The highest BCUT2D eigenvalue weighted by atomic mass is 16.6. The molecular formula is C18H17NO5. The summed E-state index contributed by atoms with van der Waals surface area (Å²) in [6.07, 6.45) is -0.883. The van der Waals surface area contributed by atoms with Crippen LogP contribution in [0.3, 0.4) is 0 Å². The molecule has 0 saturated carbocycles. The highest BCUT2D eigenvalue weighted by molar-refractivity contribution is 5.89. The number of non-ortho nitro benzene ring substituents is 1. The number of para-hydroxylation sites is 1. The molecule has 1 atom stereocenters. The molecule has 0 aliphatic heterocycles. The lowest BCUT2D eigenvalue weighted by Gasteiger charge is -2.20. The van der Waals surface area contributed by atoms with E-state index in [-0.39, 0.29) is 17.9 Å². The molecule has 0 aliphatic carbocycles. The monoisotopic (exact) mass is 327 g/mol. The van der Waals surface area contributed by atoms with Crippen molar-refractivity contribution in [3.8, 4) is 5.75 Å². The molecule has 2 aromatic carbocycles. The van der Waals surface area contributed by atoms with E-state index >= 15 is 0 Å². The largest absolute Gasteiger partial charge is 0.481 e. The molecule has 6 nitrogen and oxygen atoms in total. The molecule has 0 aromatic heterocycles. The average molecular weight is 327 g/mol. The van der Waals surface area contributed by atoms with Gasteiger partial charge in [0.15, 0.2) is 6.10 Å². The number of nitro benzene ring substituents is 1. The minimum atomic E-state index is -0.883. The predicted molar refractivity (Wildman–Crippen MR) is 88.7 cm³/mol. The van der Waals surface area contributed by atoms with Crippen LogP contribution >= 0.6 is 0 Å². The van der Waals surface area contributed by atoms with Gasteiger partial charge in [-0.15, -0.1) is 0 Å². The van der Waals surface area contributed by atoms with Crippen molar-refractivity contribution in [3.05, 3.63) is 82.4 Å². The predicted octanol–water partition coefficient (Wildman–Crippen LogP) is 3.83. The first-order chi connectivity index (χ1) is 11.5. The summed E-state index contributed by atoms with van der Waals surface area (Å²) >= 11 is 0. The Morgan fingerprint density at radius 2 is 1.92 bits per heavy atom. The molecule has 0 bridgehead atoms. The maximum Gasteiger partial charge on any atom is 0.337 e. The highest BCUT2D eigenvalue weighted by Gasteiger charge is 2.25. The Kier molecular flexibility index (Phi) is 5.68. The van der Waals surface area contributed by atoms with Gasteiger partial charge in [0.1, 0.15) is 5.75 Å². The van der Waals surface area contributed by atoms with Gasteiger partial charge in [-0.1, -0.05) is 36.9 Å². The van der Waals surface area contributed by atoms with E-state index in [1.807, 2.05) is 6.07 Å². The Bertz CT molecular complexity index is 742. The van der Waals surface area contributed by atoms with Crippen molar-refractivity contribution in [1.82, 2.24) is 0 Å². The molecule has 124 valence electrons. The van der Waals surface area contributed by atoms with Gasteiger partial charge in [-0.3, -0.25) is 10.1 Å². The van der Waals surface area contributed by atoms with Gasteiger partial charge in [-0.25, -0.2) is 4.79 Å². The van der Waals surface area contributed by atoms with Crippen LogP contribution in [-0.4, -0.2) is 17.5 Å². The van der Waals surface area contributed by atoms with Crippen LogP contribution in [0.4, 0.5) is 5.69 Å². The van der Waals surface area contributed by atoms with E-state index in [2.05, 4.69) is 6.58 Å². The molecule has 0 N–H and O–H groups in total. The Morgan fingerprint density at radius 3 is 2.54 bits per heavy atom. The third kappa shape index (κ3) is 4.19. The van der Waals surface area contributed by atoms with Crippen molar-refractivity contribution < 1.29 is 19.2 Å². The summed E-state index contributed by atoms with van der Waals surface area (Å²) in [6, 6.07) is 14.8. The molecule has 24 heavy (non-hydrogen) atoms. The fourth-order valence-electron chi connectivity index (χ4n) is 2.11. The third-order valence-electron chi connectivity index (χ3n) is 3.24. The van der Waals surface area contributed by atoms with Gasteiger partial charge in [0.25, 0.3) is 5.69 Å². The summed E-state index contributed by atoms with van der Waals surface area (Å²) in [5.41, 5.74) is 0.429. The van der Waals surface area contributed by atoms with E-state index in [9.17, 15) is 14.9 Å². The maximum atomic E-state index is 12.0. The lowest BCUT2D eigenvalue weighted by Crippen LogP contribution is -2.18. The normalized spacial score (nSPS) is 11.4. The van der Waals surface area contributed by atoms with E-state index < -0.39 is 17.0 Å². The number of hydrogen-bond acceptors (Lipinski definition) is 5. The molecule has 0 saturated heterocycles. The van der Waals surface area contributed by atoms with Crippen LogP contribution in [0.25, 0.3) is 0 Å². The van der Waals surface area contributed by atoms with Crippen LogP contribution in [0, 0.1) is 10.1 Å². The summed E-state index contributed by atoms with van der Waals surface area (Å²) in [5.74, 6) is -0.0932. The lowest BCUT2D eigenvalue weighted by molar-refractivity contribution is -0.385. The first kappa shape index (κ1) is 17.2. The summed E-state index contributed by atoms with van der Waals surface area (Å²) in [6.45, 7) is 5.64. The first-order valence-electron chi connectivity index (χ1n) is 7.35. The lowest BCUT2D eigenvalue weighted by atomic mass is 10.0. The molecule has 1 unspecified atom stereocenters. The highest BCUT2D eigenvalue weighted by Crippen LogP contribution is 2.30. The van der Waals surface area contributed by atoms with E-state index in [0.717, 1.165) is 0 Å². The molecule has 0 spiro atoms. The fourth-order valence-corrected chi connectivity index (χ4v) is 2.11. The Labute approximate surface area is 139 Å². The van der Waals surface area contributed by atoms with Gasteiger partial charge >= 0.3 is 5.97 Å². The molecular weight excluding hydrogens is 310 g/mol. The van der Waals surface area contributed by atoms with Gasteiger partial charge in [0, 0.05) is 17.7 Å². The Hall–Kier alpha value is -3.15. The van der Waals surface area contributed by atoms with Crippen LogP contribution < -0.4 is 4.74 Å². The molecule has 0 heterocycles. The van der Waals surface area contributed by atoms with E-state index in [1.54, 1.807) is 37.3 Å². The van der Waals surface area contributed by atoms with Crippen LogP contribution in [-0.2, 0) is 9.53 Å². The van der Waals surface area contributed by atoms with Gasteiger partial charge in [0.2, 0.25) is 0 Å².